The van der Waals surface area contributed by atoms with Gasteiger partial charge in [-0.25, -0.2) is 9.36 Å². The summed E-state index contributed by atoms with van der Waals surface area (Å²) in [5.74, 6) is 0.645. The van der Waals surface area contributed by atoms with E-state index in [0.717, 1.165) is 22.7 Å². The fraction of sp³-hybridized carbons (Fsp3) is 0. The van der Waals surface area contributed by atoms with Crippen molar-refractivity contribution >= 4 is 34.9 Å². The summed E-state index contributed by atoms with van der Waals surface area (Å²) in [5.41, 5.74) is 3.40. The van der Waals surface area contributed by atoms with Gasteiger partial charge < -0.3 is 10.6 Å². The molecule has 0 aliphatic heterocycles. The van der Waals surface area contributed by atoms with Gasteiger partial charge in [0, 0.05) is 36.2 Å². The number of nitrogens with zero attached hydrogens (tertiary/aromatic N) is 7. The Bertz CT molecular complexity index is 1200. The molecule has 3 aromatic heterocycles. The Kier molecular flexibility index (Phi) is 4.99. The minimum atomic E-state index is 0.0754. The number of aromatic nitrogens is 7. The molecule has 0 amide bonds. The van der Waals surface area contributed by atoms with Crippen molar-refractivity contribution in [2.24, 2.45) is 0 Å². The van der Waals surface area contributed by atoms with Crippen LogP contribution in [-0.2, 0) is 0 Å². The smallest absolute Gasteiger partial charge is 0.233 e. The van der Waals surface area contributed by atoms with Crippen LogP contribution in [0.25, 0.3) is 11.4 Å². The third-order valence-electron chi connectivity index (χ3n) is 4.35. The number of rotatable bonds is 6. The van der Waals surface area contributed by atoms with Crippen LogP contribution < -0.4 is 10.6 Å². The number of nitrogens with one attached hydrogen (secondary N) is 2. The molecule has 10 heteroatoms. The number of hydrogen-bond acceptors (Lipinski definition) is 7. The first kappa shape index (κ1) is 18.8. The molecule has 0 radical (unpaired) electrons. The minimum Gasteiger partial charge on any atom is -0.324 e. The second-order valence-electron chi connectivity index (χ2n) is 6.50. The van der Waals surface area contributed by atoms with Gasteiger partial charge in [-0.15, -0.1) is 0 Å². The molecule has 0 aliphatic carbocycles. The van der Waals surface area contributed by atoms with Crippen LogP contribution in [0.3, 0.4) is 0 Å². The predicted octanol–water partition coefficient (Wildman–Crippen LogP) is 4.38. The summed E-state index contributed by atoms with van der Waals surface area (Å²) in [7, 11) is 0. The largest absolute Gasteiger partial charge is 0.324 e. The van der Waals surface area contributed by atoms with Crippen LogP contribution in [0.2, 0.25) is 5.28 Å². The maximum atomic E-state index is 6.14. The van der Waals surface area contributed by atoms with E-state index in [1.54, 1.807) is 21.8 Å². The standard InChI is InChI=1S/C21H16ClN9/c22-19-27-20(25-15-5-1-7-17(13-15)30-11-3-9-23-30)29-21(28-19)26-16-6-2-8-18(14-16)31-12-4-10-24-31/h1-14H,(H2,25,26,27,28,29). The van der Waals surface area contributed by atoms with Crippen LogP contribution in [-0.4, -0.2) is 34.5 Å². The normalized spacial score (nSPS) is 10.7. The Balaban J connectivity index is 1.38. The predicted molar refractivity (Wildman–Crippen MR) is 119 cm³/mol. The molecule has 0 atom stereocenters. The zero-order valence-corrected chi connectivity index (χ0v) is 16.8. The zero-order valence-electron chi connectivity index (χ0n) is 16.1. The minimum absolute atomic E-state index is 0.0754. The molecule has 5 aromatic rings. The summed E-state index contributed by atoms with van der Waals surface area (Å²) < 4.78 is 3.54. The molecule has 0 saturated heterocycles. The third kappa shape index (κ3) is 4.36. The summed E-state index contributed by atoms with van der Waals surface area (Å²) in [6, 6.07) is 19.2. The lowest BCUT2D eigenvalue weighted by Gasteiger charge is -2.10. The molecule has 0 bridgehead atoms. The van der Waals surface area contributed by atoms with Crippen molar-refractivity contribution in [1.29, 1.82) is 0 Å². The van der Waals surface area contributed by atoms with Gasteiger partial charge in [0.15, 0.2) is 0 Å². The maximum absolute atomic E-state index is 6.14. The molecule has 5 rings (SSSR count). The van der Waals surface area contributed by atoms with Gasteiger partial charge in [0.1, 0.15) is 0 Å². The lowest BCUT2D eigenvalue weighted by Crippen LogP contribution is -2.05. The molecule has 0 aliphatic rings. The highest BCUT2D eigenvalue weighted by Gasteiger charge is 2.08. The van der Waals surface area contributed by atoms with Gasteiger partial charge in [-0.1, -0.05) is 12.1 Å². The lowest BCUT2D eigenvalue weighted by atomic mass is 10.3. The van der Waals surface area contributed by atoms with Crippen LogP contribution in [0.15, 0.2) is 85.5 Å². The second kappa shape index (κ2) is 8.25. The van der Waals surface area contributed by atoms with Crippen molar-refractivity contribution in [2.45, 2.75) is 0 Å². The number of benzene rings is 2. The molecule has 0 unspecified atom stereocenters. The van der Waals surface area contributed by atoms with Gasteiger partial charge in [-0.2, -0.15) is 25.1 Å². The number of anilines is 4. The third-order valence-corrected chi connectivity index (χ3v) is 4.52. The van der Waals surface area contributed by atoms with Crippen LogP contribution in [0.1, 0.15) is 0 Å². The average molecular weight is 430 g/mol. The first-order valence-electron chi connectivity index (χ1n) is 9.39. The van der Waals surface area contributed by atoms with Crippen molar-refractivity contribution < 1.29 is 0 Å². The van der Waals surface area contributed by atoms with E-state index in [1.165, 1.54) is 0 Å². The number of halogens is 1. The maximum Gasteiger partial charge on any atom is 0.233 e. The molecule has 152 valence electrons. The van der Waals surface area contributed by atoms with Gasteiger partial charge in [0.05, 0.1) is 11.4 Å². The van der Waals surface area contributed by atoms with Crippen molar-refractivity contribution in [1.82, 2.24) is 34.5 Å². The van der Waals surface area contributed by atoms with Gasteiger partial charge in [-0.3, -0.25) is 0 Å². The highest BCUT2D eigenvalue weighted by atomic mass is 35.5. The molecule has 0 saturated carbocycles. The zero-order chi connectivity index (χ0) is 21.0. The molecule has 9 nitrogen and oxygen atoms in total. The summed E-state index contributed by atoms with van der Waals surface area (Å²) in [5, 5.41) is 14.9. The molecule has 0 spiro atoms. The van der Waals surface area contributed by atoms with Gasteiger partial charge in [-0.05, 0) is 60.1 Å². The van der Waals surface area contributed by atoms with Crippen molar-refractivity contribution in [2.75, 3.05) is 10.6 Å². The van der Waals surface area contributed by atoms with E-state index >= 15 is 0 Å². The van der Waals surface area contributed by atoms with Crippen LogP contribution in [0.5, 0.6) is 0 Å². The van der Waals surface area contributed by atoms with Gasteiger partial charge in [0.25, 0.3) is 0 Å². The Hall–Kier alpha value is -4.24. The van der Waals surface area contributed by atoms with Gasteiger partial charge in [0.2, 0.25) is 17.2 Å². The quantitative estimate of drug-likeness (QED) is 0.413. The molecular formula is C21H16ClN9. The second-order valence-corrected chi connectivity index (χ2v) is 6.84. The first-order chi connectivity index (χ1) is 15.2. The monoisotopic (exact) mass is 429 g/mol. The topological polar surface area (TPSA) is 98.4 Å². The Labute approximate surface area is 182 Å². The lowest BCUT2D eigenvalue weighted by molar-refractivity contribution is 0.880. The van der Waals surface area contributed by atoms with E-state index in [0.29, 0.717) is 11.9 Å². The molecule has 3 heterocycles. The van der Waals surface area contributed by atoms with E-state index in [4.69, 9.17) is 11.6 Å². The van der Waals surface area contributed by atoms with E-state index < -0.39 is 0 Å². The fourth-order valence-corrected chi connectivity index (χ4v) is 3.18. The summed E-state index contributed by atoms with van der Waals surface area (Å²) in [4.78, 5) is 12.8. The van der Waals surface area contributed by atoms with Crippen molar-refractivity contribution in [3.8, 4) is 11.4 Å². The van der Waals surface area contributed by atoms with Crippen LogP contribution in [0, 0.1) is 0 Å². The first-order valence-corrected chi connectivity index (χ1v) is 9.76. The molecule has 2 aromatic carbocycles. The Morgan fingerprint density at radius 2 is 1.16 bits per heavy atom. The van der Waals surface area contributed by atoms with E-state index in [2.05, 4.69) is 35.8 Å². The highest BCUT2D eigenvalue weighted by Crippen LogP contribution is 2.21. The summed E-state index contributed by atoms with van der Waals surface area (Å²) >= 11 is 6.14. The SMILES string of the molecule is Clc1nc(Nc2cccc(-n3cccn3)c2)nc(Nc2cccc(-n3cccn3)c2)n1. The molecular weight excluding hydrogens is 414 g/mol. The Morgan fingerprint density at radius 1 is 0.645 bits per heavy atom. The molecule has 0 fully saturated rings. The Morgan fingerprint density at radius 3 is 1.61 bits per heavy atom. The fourth-order valence-electron chi connectivity index (χ4n) is 3.02. The average Bonchev–Trinajstić information content (AvgIpc) is 3.48. The summed E-state index contributed by atoms with van der Waals surface area (Å²) in [6.07, 6.45) is 7.20. The van der Waals surface area contributed by atoms with E-state index in [-0.39, 0.29) is 5.28 Å². The van der Waals surface area contributed by atoms with E-state index in [1.807, 2.05) is 73.1 Å². The van der Waals surface area contributed by atoms with Crippen molar-refractivity contribution in [3.63, 3.8) is 0 Å². The molecule has 31 heavy (non-hydrogen) atoms. The number of hydrogen-bond donors (Lipinski definition) is 2. The highest BCUT2D eigenvalue weighted by molar-refractivity contribution is 6.28. The van der Waals surface area contributed by atoms with Gasteiger partial charge >= 0.3 is 0 Å². The van der Waals surface area contributed by atoms with Crippen LogP contribution in [0.4, 0.5) is 23.3 Å². The van der Waals surface area contributed by atoms with Crippen molar-refractivity contribution in [3.05, 3.63) is 90.7 Å². The summed E-state index contributed by atoms with van der Waals surface area (Å²) in [6.45, 7) is 0. The van der Waals surface area contributed by atoms with Crippen LogP contribution >= 0.6 is 11.6 Å². The van der Waals surface area contributed by atoms with E-state index in [9.17, 15) is 0 Å². The molecule has 2 N–H and O–H groups in total.